The summed E-state index contributed by atoms with van der Waals surface area (Å²) in [4.78, 5) is 33.0. The molecule has 2 unspecified atom stereocenters. The molecule has 2 aliphatic heterocycles. The van der Waals surface area contributed by atoms with Gasteiger partial charge < -0.3 is 15.7 Å². The summed E-state index contributed by atoms with van der Waals surface area (Å²) in [5.41, 5.74) is 2.46. The van der Waals surface area contributed by atoms with E-state index in [1.165, 1.54) is 18.5 Å². The highest BCUT2D eigenvalue weighted by Gasteiger charge is 2.42. The van der Waals surface area contributed by atoms with Crippen LogP contribution in [-0.4, -0.2) is 49.4 Å². The molecule has 3 heterocycles. The molecule has 9 nitrogen and oxygen atoms in total. The normalized spacial score (nSPS) is 19.2. The van der Waals surface area contributed by atoms with Crippen molar-refractivity contribution in [3.63, 3.8) is 0 Å². The number of carbonyl (C=O) groups excluding carboxylic acids is 1. The van der Waals surface area contributed by atoms with Gasteiger partial charge in [-0.3, -0.25) is 14.5 Å². The Bertz CT molecular complexity index is 1350. The lowest BCUT2D eigenvalue weighted by molar-refractivity contribution is -0.141. The lowest BCUT2D eigenvalue weighted by atomic mass is 9.78. The molecular weight excluding hydrogens is 439 g/mol. The predicted octanol–water partition coefficient (Wildman–Crippen LogP) is 3.17. The van der Waals surface area contributed by atoms with Crippen molar-refractivity contribution < 1.29 is 19.1 Å². The summed E-state index contributed by atoms with van der Waals surface area (Å²) in [5, 5.41) is 20.0. The van der Waals surface area contributed by atoms with Crippen molar-refractivity contribution in [2.75, 3.05) is 17.2 Å². The van der Waals surface area contributed by atoms with Crippen molar-refractivity contribution in [2.24, 2.45) is 12.0 Å². The number of nitrogens with zero attached hydrogens (tertiary/aromatic N) is 4. The minimum absolute atomic E-state index is 0.0561. The van der Waals surface area contributed by atoms with E-state index in [0.717, 1.165) is 5.56 Å². The van der Waals surface area contributed by atoms with E-state index in [1.54, 1.807) is 37.7 Å². The van der Waals surface area contributed by atoms with E-state index >= 15 is 0 Å². The number of carboxylic acid groups (broad SMARTS) is 1. The number of carbonyl (C=O) groups is 2. The second-order valence-corrected chi connectivity index (χ2v) is 9.02. The fourth-order valence-corrected chi connectivity index (χ4v) is 4.52. The monoisotopic (exact) mass is 462 g/mol. The van der Waals surface area contributed by atoms with E-state index in [4.69, 9.17) is 0 Å². The zero-order valence-electron chi connectivity index (χ0n) is 18.8. The third-order valence-corrected chi connectivity index (χ3v) is 6.28. The van der Waals surface area contributed by atoms with Crippen LogP contribution in [0.2, 0.25) is 0 Å². The summed E-state index contributed by atoms with van der Waals surface area (Å²) in [6.45, 7) is 3.11. The van der Waals surface area contributed by atoms with Crippen LogP contribution in [0.3, 0.4) is 0 Å². The van der Waals surface area contributed by atoms with E-state index in [1.807, 2.05) is 12.1 Å². The Kier molecular flexibility index (Phi) is 4.96. The first kappa shape index (κ1) is 21.7. The number of aliphatic imine (C=N–C) groups is 1. The van der Waals surface area contributed by atoms with E-state index in [-0.39, 0.29) is 24.3 Å². The molecule has 0 saturated heterocycles. The van der Waals surface area contributed by atoms with Crippen LogP contribution in [0.1, 0.15) is 53.1 Å². The zero-order chi connectivity index (χ0) is 24.2. The van der Waals surface area contributed by atoms with Crippen molar-refractivity contribution in [3.05, 3.63) is 71.1 Å². The molecule has 34 heavy (non-hydrogen) atoms. The van der Waals surface area contributed by atoms with Gasteiger partial charge in [-0.1, -0.05) is 12.1 Å². The molecule has 0 amide bonds. The van der Waals surface area contributed by atoms with Gasteiger partial charge in [-0.15, -0.1) is 0 Å². The molecule has 0 fully saturated rings. The van der Waals surface area contributed by atoms with Gasteiger partial charge in [0.05, 0.1) is 17.7 Å². The van der Waals surface area contributed by atoms with Crippen LogP contribution in [-0.2, 0) is 11.8 Å². The van der Waals surface area contributed by atoms with E-state index in [9.17, 15) is 19.1 Å². The molecule has 0 saturated carbocycles. The number of ketones is 1. The predicted molar refractivity (Wildman–Crippen MR) is 124 cm³/mol. The van der Waals surface area contributed by atoms with E-state index < -0.39 is 17.3 Å². The summed E-state index contributed by atoms with van der Waals surface area (Å²) in [6, 6.07) is 9.61. The molecule has 0 bridgehead atoms. The second-order valence-electron chi connectivity index (χ2n) is 9.02. The van der Waals surface area contributed by atoms with Crippen molar-refractivity contribution in [1.29, 1.82) is 0 Å². The topological polar surface area (TPSA) is 122 Å². The minimum Gasteiger partial charge on any atom is -0.480 e. The molecule has 5 rings (SSSR count). The van der Waals surface area contributed by atoms with Crippen LogP contribution in [0.5, 0.6) is 0 Å². The van der Waals surface area contributed by atoms with Gasteiger partial charge in [-0.05, 0) is 43.7 Å². The van der Waals surface area contributed by atoms with Crippen LogP contribution >= 0.6 is 0 Å². The molecular formula is C24H23FN6O3. The molecule has 1 aromatic heterocycles. The smallest absolute Gasteiger partial charge is 0.328 e. The Morgan fingerprint density at radius 1 is 1.26 bits per heavy atom. The van der Waals surface area contributed by atoms with Crippen molar-refractivity contribution in [1.82, 2.24) is 14.8 Å². The Labute approximate surface area is 194 Å². The van der Waals surface area contributed by atoms with Crippen molar-refractivity contribution >= 4 is 28.8 Å². The van der Waals surface area contributed by atoms with Crippen LogP contribution in [0.25, 0.3) is 0 Å². The first-order valence-corrected chi connectivity index (χ1v) is 10.8. The Morgan fingerprint density at radius 3 is 2.65 bits per heavy atom. The summed E-state index contributed by atoms with van der Waals surface area (Å²) < 4.78 is 16.1. The molecule has 2 atom stereocenters. The standard InChI is InChI=1S/C24H23FN6O3/c1-24(2,23(33)34)30-14-6-4-12(5-7-14)20-19(22-27-11-28-31(22)3)21-18-15(17(32)10-26-21)8-13(25)9-16(18)29-20/h4-9,11,19-20,29-30H,10H2,1-3H3,(H,33,34). The fraction of sp³-hybridized carbons (Fsp3) is 0.292. The van der Waals surface area contributed by atoms with Crippen LogP contribution in [0.4, 0.5) is 15.8 Å². The zero-order valence-corrected chi connectivity index (χ0v) is 18.8. The van der Waals surface area contributed by atoms with Gasteiger partial charge in [0.25, 0.3) is 0 Å². The number of aliphatic carboxylic acids is 1. The van der Waals surface area contributed by atoms with Crippen LogP contribution < -0.4 is 10.6 Å². The van der Waals surface area contributed by atoms with Crippen LogP contribution in [0, 0.1) is 5.82 Å². The Balaban J connectivity index is 1.60. The third-order valence-electron chi connectivity index (χ3n) is 6.28. The highest BCUT2D eigenvalue weighted by atomic mass is 19.1. The SMILES string of the molecule is Cn1ncnc1C1C2=NCC(=O)c3cc(F)cc(c32)NC1c1ccc(NC(C)(C)C(=O)O)cc1. The fourth-order valence-electron chi connectivity index (χ4n) is 4.52. The number of rotatable bonds is 5. The molecule has 0 radical (unpaired) electrons. The van der Waals surface area contributed by atoms with Crippen LogP contribution in [0.15, 0.2) is 47.7 Å². The second kappa shape index (κ2) is 7.75. The maximum atomic E-state index is 14.4. The average molecular weight is 462 g/mol. The number of aromatic nitrogens is 3. The number of Topliss-reactive ketones (excluding diaryl/α,β-unsaturated/α-hetero) is 1. The average Bonchev–Trinajstić information content (AvgIpc) is 3.21. The van der Waals surface area contributed by atoms with Gasteiger partial charge in [0.2, 0.25) is 0 Å². The molecule has 2 aromatic carbocycles. The van der Waals surface area contributed by atoms with Crippen molar-refractivity contribution in [3.8, 4) is 0 Å². The highest BCUT2D eigenvalue weighted by Crippen LogP contribution is 2.45. The molecule has 0 spiro atoms. The molecule has 174 valence electrons. The first-order chi connectivity index (χ1) is 16.2. The van der Waals surface area contributed by atoms with Gasteiger partial charge in [0.15, 0.2) is 5.78 Å². The number of halogens is 1. The molecule has 3 N–H and O–H groups in total. The number of carboxylic acids is 1. The minimum atomic E-state index is -1.14. The maximum Gasteiger partial charge on any atom is 0.328 e. The van der Waals surface area contributed by atoms with Gasteiger partial charge in [0.1, 0.15) is 30.1 Å². The maximum absolute atomic E-state index is 14.4. The number of aryl methyl sites for hydroxylation is 1. The molecule has 10 heteroatoms. The number of anilines is 2. The van der Waals surface area contributed by atoms with Gasteiger partial charge in [-0.2, -0.15) is 5.10 Å². The van der Waals surface area contributed by atoms with E-state index in [2.05, 4.69) is 25.7 Å². The molecule has 0 aliphatic carbocycles. The largest absolute Gasteiger partial charge is 0.480 e. The Morgan fingerprint density at radius 2 is 2.00 bits per heavy atom. The lowest BCUT2D eigenvalue weighted by Gasteiger charge is -2.37. The summed E-state index contributed by atoms with van der Waals surface area (Å²) in [6.07, 6.45) is 1.46. The summed E-state index contributed by atoms with van der Waals surface area (Å²) in [5.74, 6) is -1.42. The van der Waals surface area contributed by atoms with E-state index in [0.29, 0.717) is 34.0 Å². The Hall–Kier alpha value is -4.08. The number of nitrogens with one attached hydrogen (secondary N) is 2. The molecule has 3 aromatic rings. The summed E-state index contributed by atoms with van der Waals surface area (Å²) in [7, 11) is 1.79. The number of hydrogen-bond donors (Lipinski definition) is 3. The number of benzene rings is 2. The van der Waals surface area contributed by atoms with Gasteiger partial charge in [0, 0.05) is 29.5 Å². The first-order valence-electron chi connectivity index (χ1n) is 10.8. The quantitative estimate of drug-likeness (QED) is 0.532. The third kappa shape index (κ3) is 3.51. The molecule has 2 aliphatic rings. The summed E-state index contributed by atoms with van der Waals surface area (Å²) >= 11 is 0. The highest BCUT2D eigenvalue weighted by molar-refractivity contribution is 6.21. The lowest BCUT2D eigenvalue weighted by Crippen LogP contribution is -2.40. The number of hydrogen-bond acceptors (Lipinski definition) is 7. The van der Waals surface area contributed by atoms with Gasteiger partial charge in [-0.25, -0.2) is 14.2 Å². The van der Waals surface area contributed by atoms with Crippen molar-refractivity contribution in [2.45, 2.75) is 31.3 Å². The van der Waals surface area contributed by atoms with Gasteiger partial charge >= 0.3 is 5.97 Å².